The first kappa shape index (κ1) is 20.3. The second kappa shape index (κ2) is 8.31. The quantitative estimate of drug-likeness (QED) is 0.712. The summed E-state index contributed by atoms with van der Waals surface area (Å²) >= 11 is 0. The number of rotatable bonds is 7. The number of sulfonamides is 1. The van der Waals surface area contributed by atoms with Crippen molar-refractivity contribution in [3.8, 4) is 11.5 Å². The molecule has 148 valence electrons. The summed E-state index contributed by atoms with van der Waals surface area (Å²) in [4.78, 5) is 0. The average molecular weight is 400 g/mol. The van der Waals surface area contributed by atoms with Crippen LogP contribution in [0.5, 0.6) is 11.5 Å². The minimum atomic E-state index is -3.48. The summed E-state index contributed by atoms with van der Waals surface area (Å²) in [7, 11) is -3.48. The van der Waals surface area contributed by atoms with E-state index in [9.17, 15) is 8.42 Å². The van der Waals surface area contributed by atoms with E-state index in [2.05, 4.69) is 6.92 Å². The molecule has 2 aromatic rings. The fourth-order valence-corrected chi connectivity index (χ4v) is 4.92. The van der Waals surface area contributed by atoms with Crippen molar-refractivity contribution in [1.29, 1.82) is 0 Å². The lowest BCUT2D eigenvalue weighted by Gasteiger charge is -2.34. The van der Waals surface area contributed by atoms with Crippen LogP contribution in [0.4, 0.5) is 5.69 Å². The van der Waals surface area contributed by atoms with Crippen LogP contribution < -0.4 is 14.4 Å². The molecule has 0 radical (unpaired) electrons. The molecular formula is C22H27N2O3S+. The molecule has 0 bridgehead atoms. The van der Waals surface area contributed by atoms with Crippen LogP contribution in [0, 0.1) is 0 Å². The molecule has 0 fully saturated rings. The van der Waals surface area contributed by atoms with E-state index in [1.54, 1.807) is 13.1 Å². The largest absolute Gasteiger partial charge is 0.457 e. The maximum atomic E-state index is 13.1. The van der Waals surface area contributed by atoms with Crippen molar-refractivity contribution in [3.05, 3.63) is 78.0 Å². The molecule has 0 spiro atoms. The molecule has 1 atom stereocenters. The van der Waals surface area contributed by atoms with Crippen molar-refractivity contribution in [2.75, 3.05) is 18.8 Å². The molecule has 0 aliphatic carbocycles. The fraction of sp³-hybridized carbons (Fsp3) is 0.273. The van der Waals surface area contributed by atoms with Gasteiger partial charge in [-0.1, -0.05) is 37.3 Å². The fourth-order valence-electron chi connectivity index (χ4n) is 3.41. The van der Waals surface area contributed by atoms with E-state index in [0.717, 1.165) is 23.3 Å². The van der Waals surface area contributed by atoms with Crippen molar-refractivity contribution >= 4 is 15.7 Å². The number of quaternary nitrogens is 1. The van der Waals surface area contributed by atoms with Crippen LogP contribution in [0.15, 0.2) is 72.5 Å². The normalized spacial score (nSPS) is 19.3. The maximum absolute atomic E-state index is 13.1. The summed E-state index contributed by atoms with van der Waals surface area (Å²) in [5, 5.41) is 0. The number of aryl methyl sites for hydroxylation is 1. The van der Waals surface area contributed by atoms with Gasteiger partial charge in [-0.05, 0) is 37.1 Å². The van der Waals surface area contributed by atoms with Crippen LogP contribution in [0.1, 0.15) is 19.4 Å². The third-order valence-corrected chi connectivity index (χ3v) is 7.20. The molecule has 0 amide bonds. The van der Waals surface area contributed by atoms with Crippen LogP contribution in [0.25, 0.3) is 0 Å². The molecule has 3 rings (SSSR count). The Hall–Kier alpha value is -2.41. The molecule has 1 aliphatic rings. The van der Waals surface area contributed by atoms with Crippen molar-refractivity contribution in [3.63, 3.8) is 0 Å². The predicted molar refractivity (Wildman–Crippen MR) is 115 cm³/mol. The number of hydrogen-bond acceptors (Lipinski definition) is 4. The van der Waals surface area contributed by atoms with Crippen LogP contribution in [0.2, 0.25) is 0 Å². The van der Waals surface area contributed by atoms with Crippen molar-refractivity contribution in [2.45, 2.75) is 20.3 Å². The lowest BCUT2D eigenvalue weighted by Crippen LogP contribution is -2.51. The first-order valence-electron chi connectivity index (χ1n) is 9.51. The number of nitrogens with zero attached hydrogens (tertiary/aromatic N) is 1. The molecule has 6 heteroatoms. The zero-order chi connectivity index (χ0) is 20.2. The second-order valence-electron chi connectivity index (χ2n) is 6.72. The predicted octanol–water partition coefficient (Wildman–Crippen LogP) is 4.11. The number of para-hydroxylation sites is 1. The molecule has 1 aliphatic heterocycles. The molecule has 5 nitrogen and oxygen atoms in total. The Morgan fingerprint density at radius 2 is 1.89 bits per heavy atom. The Kier molecular flexibility index (Phi) is 6.03. The Bertz CT molecular complexity index is 1010. The lowest BCUT2D eigenvalue weighted by atomic mass is 10.1. The summed E-state index contributed by atoms with van der Waals surface area (Å²) in [5.74, 6) is 1.42. The van der Waals surface area contributed by atoms with Crippen molar-refractivity contribution < 1.29 is 13.2 Å². The van der Waals surface area contributed by atoms with Crippen LogP contribution >= 0.6 is 0 Å². The van der Waals surface area contributed by atoms with Gasteiger partial charge < -0.3 is 10.5 Å². The van der Waals surface area contributed by atoms with Crippen molar-refractivity contribution in [1.82, 2.24) is 3.89 Å². The van der Waals surface area contributed by atoms with Gasteiger partial charge in [0.2, 0.25) is 0 Å². The Balaban J connectivity index is 2.07. The van der Waals surface area contributed by atoms with Gasteiger partial charge in [-0.25, -0.2) is 0 Å². The van der Waals surface area contributed by atoms with Gasteiger partial charge >= 0.3 is 10.0 Å². The van der Waals surface area contributed by atoms with Gasteiger partial charge in [-0.3, -0.25) is 0 Å². The van der Waals surface area contributed by atoms with Gasteiger partial charge in [-0.2, -0.15) is 12.3 Å². The average Bonchev–Trinajstić information content (AvgIpc) is 2.74. The molecule has 0 saturated carbocycles. The van der Waals surface area contributed by atoms with E-state index in [0.29, 0.717) is 18.0 Å². The number of hydrogen-bond donors (Lipinski definition) is 1. The molecule has 1 heterocycles. The van der Waals surface area contributed by atoms with E-state index in [4.69, 9.17) is 10.5 Å². The molecule has 0 aromatic heterocycles. The molecule has 1 unspecified atom stereocenters. The zero-order valence-electron chi connectivity index (χ0n) is 16.3. The highest BCUT2D eigenvalue weighted by atomic mass is 32.2. The van der Waals surface area contributed by atoms with Gasteiger partial charge in [0, 0.05) is 24.3 Å². The van der Waals surface area contributed by atoms with Crippen molar-refractivity contribution in [2.24, 2.45) is 5.73 Å². The standard InChI is InChI=1S/C22H27N2O3S/c1-3-19-10-5-6-13-22(19)27-21-12-7-11-20(15-21)24(28(25,26)4-2)14-8-9-18(16-23)17-24/h5-13,15,17H,3-4,14,16,23H2,1-2H3/q+1. The van der Waals surface area contributed by atoms with E-state index < -0.39 is 10.0 Å². The number of benzene rings is 2. The minimum absolute atomic E-state index is 0.0267. The Morgan fingerprint density at radius 1 is 1.11 bits per heavy atom. The van der Waals surface area contributed by atoms with Crippen LogP contribution in [-0.4, -0.2) is 27.3 Å². The highest BCUT2D eigenvalue weighted by Crippen LogP contribution is 2.36. The maximum Gasteiger partial charge on any atom is 0.306 e. The monoisotopic (exact) mass is 399 g/mol. The van der Waals surface area contributed by atoms with Gasteiger partial charge in [0.15, 0.2) is 5.69 Å². The van der Waals surface area contributed by atoms with Crippen LogP contribution in [0.3, 0.4) is 0 Å². The van der Waals surface area contributed by atoms with Gasteiger partial charge in [0.25, 0.3) is 0 Å². The zero-order valence-corrected chi connectivity index (χ0v) is 17.2. The van der Waals surface area contributed by atoms with Crippen LogP contribution in [-0.2, 0) is 16.4 Å². The summed E-state index contributed by atoms with van der Waals surface area (Å²) in [5.41, 5.74) is 8.34. The summed E-state index contributed by atoms with van der Waals surface area (Å²) in [6.45, 7) is 4.36. The topological polar surface area (TPSA) is 69.4 Å². The Labute approximate surface area is 167 Å². The number of ether oxygens (including phenoxy) is 1. The summed E-state index contributed by atoms with van der Waals surface area (Å²) < 4.78 is 32.1. The van der Waals surface area contributed by atoms with E-state index in [1.165, 1.54) is 0 Å². The summed E-state index contributed by atoms with van der Waals surface area (Å²) in [6.07, 6.45) is 6.36. The third kappa shape index (κ3) is 3.76. The van der Waals surface area contributed by atoms with E-state index in [1.807, 2.05) is 60.7 Å². The molecule has 2 N–H and O–H groups in total. The summed E-state index contributed by atoms with van der Waals surface area (Å²) in [6, 6.07) is 15.2. The highest BCUT2D eigenvalue weighted by molar-refractivity contribution is 7.91. The lowest BCUT2D eigenvalue weighted by molar-refractivity contribution is 0.473. The van der Waals surface area contributed by atoms with Gasteiger partial charge in [-0.15, -0.1) is 0 Å². The van der Waals surface area contributed by atoms with Gasteiger partial charge in [0.05, 0.1) is 5.75 Å². The smallest absolute Gasteiger partial charge is 0.306 e. The molecular weight excluding hydrogens is 372 g/mol. The Morgan fingerprint density at radius 3 is 2.61 bits per heavy atom. The molecule has 28 heavy (non-hydrogen) atoms. The first-order valence-corrected chi connectivity index (χ1v) is 11.1. The van der Waals surface area contributed by atoms with E-state index >= 15 is 0 Å². The first-order chi connectivity index (χ1) is 13.5. The third-order valence-electron chi connectivity index (χ3n) is 5.02. The highest BCUT2D eigenvalue weighted by Gasteiger charge is 2.42. The minimum Gasteiger partial charge on any atom is -0.457 e. The second-order valence-corrected chi connectivity index (χ2v) is 9.11. The SMILES string of the molecule is CCc1ccccc1Oc1cccc([N+]2(S(=O)(=O)CC)C=C(CN)C=CC2)c1. The number of nitrogens with two attached hydrogens (primary N) is 1. The van der Waals surface area contributed by atoms with Gasteiger partial charge in [0.1, 0.15) is 24.2 Å². The molecule has 0 saturated heterocycles. The molecule has 2 aromatic carbocycles. The van der Waals surface area contributed by atoms with E-state index in [-0.39, 0.29) is 16.2 Å².